The molecule has 1 atom stereocenters. The number of hydrogen-bond acceptors (Lipinski definition) is 4. The van der Waals surface area contributed by atoms with Crippen LogP contribution < -0.4 is 5.73 Å². The van der Waals surface area contributed by atoms with E-state index in [0.29, 0.717) is 5.69 Å². The number of aliphatic carboxylic acids is 1. The van der Waals surface area contributed by atoms with Crippen molar-refractivity contribution in [3.8, 4) is 0 Å². The van der Waals surface area contributed by atoms with Crippen LogP contribution in [0.5, 0.6) is 0 Å². The molecular weight excluding hydrogens is 164 g/mol. The van der Waals surface area contributed by atoms with Gasteiger partial charge in [0.15, 0.2) is 0 Å². The second kappa shape index (κ2) is 3.45. The van der Waals surface area contributed by atoms with Crippen molar-refractivity contribution in [2.45, 2.75) is 5.92 Å². The number of carboxylic acids is 1. The highest BCUT2D eigenvalue weighted by Gasteiger charge is 2.19. The molecule has 5 heteroatoms. The normalized spacial score (nSPS) is 12.8. The number of nitrogens with zero attached hydrogens (tertiary/aromatic N) is 1. The monoisotopic (exact) mass is 172 g/mol. The number of hydrogen-bond donors (Lipinski definition) is 2. The summed E-state index contributed by atoms with van der Waals surface area (Å²) in [5.74, 6) is -1.57. The average Bonchev–Trinajstić information content (AvgIpc) is 2.40. The molecule has 0 saturated carbocycles. The predicted octanol–water partition coefficient (Wildman–Crippen LogP) is 0.270. The Morgan fingerprint density at radius 2 is 2.64 bits per heavy atom. The maximum Gasteiger partial charge on any atom is 0.313 e. The smallest absolute Gasteiger partial charge is 0.313 e. The van der Waals surface area contributed by atoms with Crippen molar-refractivity contribution >= 4 is 17.3 Å². The van der Waals surface area contributed by atoms with E-state index < -0.39 is 11.9 Å². The Morgan fingerprint density at radius 3 is 3.00 bits per heavy atom. The van der Waals surface area contributed by atoms with Crippen LogP contribution in [-0.2, 0) is 4.79 Å². The van der Waals surface area contributed by atoms with Crippen LogP contribution in [0.1, 0.15) is 11.6 Å². The first-order valence-electron chi connectivity index (χ1n) is 3.06. The van der Waals surface area contributed by atoms with Gasteiger partial charge in [0.1, 0.15) is 5.92 Å². The largest absolute Gasteiger partial charge is 0.481 e. The molecule has 3 N–H and O–H groups in total. The SMILES string of the molecule is NCC(C(=O)O)c1cscn1. The van der Waals surface area contributed by atoms with Crippen molar-refractivity contribution in [2.24, 2.45) is 5.73 Å². The molecule has 0 bridgehead atoms. The number of thiazole rings is 1. The van der Waals surface area contributed by atoms with Gasteiger partial charge in [0, 0.05) is 11.9 Å². The summed E-state index contributed by atoms with van der Waals surface area (Å²) in [5, 5.41) is 10.3. The van der Waals surface area contributed by atoms with Crippen LogP contribution in [0.4, 0.5) is 0 Å². The van der Waals surface area contributed by atoms with Crippen LogP contribution in [0.3, 0.4) is 0 Å². The molecular formula is C6H8N2O2S. The highest BCUT2D eigenvalue weighted by molar-refractivity contribution is 7.07. The van der Waals surface area contributed by atoms with E-state index >= 15 is 0 Å². The Balaban J connectivity index is 2.79. The van der Waals surface area contributed by atoms with E-state index in [1.165, 1.54) is 11.3 Å². The van der Waals surface area contributed by atoms with Crippen LogP contribution in [-0.4, -0.2) is 22.6 Å². The van der Waals surface area contributed by atoms with Crippen LogP contribution in [0.2, 0.25) is 0 Å². The van der Waals surface area contributed by atoms with Crippen molar-refractivity contribution in [3.05, 3.63) is 16.6 Å². The van der Waals surface area contributed by atoms with E-state index in [1.807, 2.05) is 0 Å². The molecule has 1 heterocycles. The third-order valence-corrected chi connectivity index (χ3v) is 1.95. The fourth-order valence-electron chi connectivity index (χ4n) is 0.742. The number of aromatic nitrogens is 1. The van der Waals surface area contributed by atoms with Crippen molar-refractivity contribution in [1.29, 1.82) is 0 Å². The molecule has 0 fully saturated rings. The first-order chi connectivity index (χ1) is 5.25. The molecule has 60 valence electrons. The van der Waals surface area contributed by atoms with Gasteiger partial charge in [0.25, 0.3) is 0 Å². The van der Waals surface area contributed by atoms with Gasteiger partial charge in [0.2, 0.25) is 0 Å². The van der Waals surface area contributed by atoms with Gasteiger partial charge in [-0.15, -0.1) is 11.3 Å². The maximum absolute atomic E-state index is 10.5. The van der Waals surface area contributed by atoms with Crippen LogP contribution in [0, 0.1) is 0 Å². The summed E-state index contributed by atoms with van der Waals surface area (Å²) in [7, 11) is 0. The van der Waals surface area contributed by atoms with Gasteiger partial charge in [-0.1, -0.05) is 0 Å². The summed E-state index contributed by atoms with van der Waals surface area (Å²) in [5.41, 5.74) is 7.39. The number of carbonyl (C=O) groups is 1. The molecule has 1 aromatic heterocycles. The summed E-state index contributed by atoms with van der Waals surface area (Å²) in [6, 6.07) is 0. The van der Waals surface area contributed by atoms with Crippen molar-refractivity contribution in [2.75, 3.05) is 6.54 Å². The van der Waals surface area contributed by atoms with Gasteiger partial charge < -0.3 is 10.8 Å². The third kappa shape index (κ3) is 1.75. The minimum atomic E-state index is -0.918. The molecule has 4 nitrogen and oxygen atoms in total. The van der Waals surface area contributed by atoms with E-state index in [9.17, 15) is 4.79 Å². The fraction of sp³-hybridized carbons (Fsp3) is 0.333. The van der Waals surface area contributed by atoms with Gasteiger partial charge in [-0.25, -0.2) is 4.98 Å². The number of carboxylic acid groups (broad SMARTS) is 1. The lowest BCUT2D eigenvalue weighted by molar-refractivity contribution is -0.138. The second-order valence-electron chi connectivity index (χ2n) is 2.04. The van der Waals surface area contributed by atoms with E-state index in [4.69, 9.17) is 10.8 Å². The molecule has 0 aliphatic heterocycles. The van der Waals surface area contributed by atoms with E-state index in [-0.39, 0.29) is 6.54 Å². The van der Waals surface area contributed by atoms with E-state index in [1.54, 1.807) is 10.9 Å². The number of rotatable bonds is 3. The van der Waals surface area contributed by atoms with Gasteiger partial charge in [-0.3, -0.25) is 4.79 Å². The zero-order chi connectivity index (χ0) is 8.27. The molecule has 0 aliphatic rings. The van der Waals surface area contributed by atoms with Gasteiger partial charge in [-0.05, 0) is 0 Å². The zero-order valence-electron chi connectivity index (χ0n) is 5.73. The lowest BCUT2D eigenvalue weighted by atomic mass is 10.1. The molecule has 0 radical (unpaired) electrons. The lowest BCUT2D eigenvalue weighted by Crippen LogP contribution is -2.21. The second-order valence-corrected chi connectivity index (χ2v) is 2.76. The molecule has 0 aliphatic carbocycles. The summed E-state index contributed by atoms with van der Waals surface area (Å²) in [6.07, 6.45) is 0. The third-order valence-electron chi connectivity index (χ3n) is 1.34. The molecule has 1 aromatic rings. The summed E-state index contributed by atoms with van der Waals surface area (Å²) in [6.45, 7) is 0.0963. The zero-order valence-corrected chi connectivity index (χ0v) is 6.54. The van der Waals surface area contributed by atoms with Gasteiger partial charge >= 0.3 is 5.97 Å². The summed E-state index contributed by atoms with van der Waals surface area (Å²) >= 11 is 1.37. The highest BCUT2D eigenvalue weighted by atomic mass is 32.1. The first-order valence-corrected chi connectivity index (χ1v) is 4.01. The van der Waals surface area contributed by atoms with E-state index in [0.717, 1.165) is 0 Å². The molecule has 0 saturated heterocycles. The molecule has 11 heavy (non-hydrogen) atoms. The Kier molecular flexibility index (Phi) is 2.56. The Labute approximate surface area is 67.7 Å². The van der Waals surface area contributed by atoms with Gasteiger partial charge in [-0.2, -0.15) is 0 Å². The Hall–Kier alpha value is -0.940. The Morgan fingerprint density at radius 1 is 1.91 bits per heavy atom. The lowest BCUT2D eigenvalue weighted by Gasteiger charge is -2.04. The summed E-state index contributed by atoms with van der Waals surface area (Å²) in [4.78, 5) is 14.4. The average molecular weight is 172 g/mol. The van der Waals surface area contributed by atoms with Crippen LogP contribution in [0.25, 0.3) is 0 Å². The quantitative estimate of drug-likeness (QED) is 0.686. The predicted molar refractivity (Wildman–Crippen MR) is 41.5 cm³/mol. The molecule has 0 aromatic carbocycles. The molecule has 1 unspecified atom stereocenters. The summed E-state index contributed by atoms with van der Waals surface area (Å²) < 4.78 is 0. The Bertz CT molecular complexity index is 235. The standard InChI is InChI=1S/C6H8N2O2S/c7-1-4(6(9)10)5-2-11-3-8-5/h2-4H,1,7H2,(H,9,10). The van der Waals surface area contributed by atoms with E-state index in [2.05, 4.69) is 4.98 Å². The number of nitrogens with two attached hydrogens (primary N) is 1. The minimum Gasteiger partial charge on any atom is -0.481 e. The minimum absolute atomic E-state index is 0.0963. The molecule has 0 spiro atoms. The molecule has 1 rings (SSSR count). The van der Waals surface area contributed by atoms with Crippen LogP contribution >= 0.6 is 11.3 Å². The molecule has 0 amide bonds. The fourth-order valence-corrected chi connectivity index (χ4v) is 1.35. The van der Waals surface area contributed by atoms with Crippen molar-refractivity contribution in [1.82, 2.24) is 4.98 Å². The maximum atomic E-state index is 10.5. The van der Waals surface area contributed by atoms with Crippen molar-refractivity contribution < 1.29 is 9.90 Å². The van der Waals surface area contributed by atoms with Gasteiger partial charge in [0.05, 0.1) is 11.2 Å². The topological polar surface area (TPSA) is 76.2 Å². The van der Waals surface area contributed by atoms with Crippen molar-refractivity contribution in [3.63, 3.8) is 0 Å². The van der Waals surface area contributed by atoms with Crippen LogP contribution in [0.15, 0.2) is 10.9 Å². The highest BCUT2D eigenvalue weighted by Crippen LogP contribution is 2.13. The first kappa shape index (κ1) is 8.16.